The lowest BCUT2D eigenvalue weighted by Crippen LogP contribution is -2.39. The molecule has 0 aliphatic rings. The summed E-state index contributed by atoms with van der Waals surface area (Å²) in [5.41, 5.74) is 5.75. The van der Waals surface area contributed by atoms with Gasteiger partial charge >= 0.3 is 0 Å². The van der Waals surface area contributed by atoms with Crippen molar-refractivity contribution in [3.8, 4) is 5.75 Å². The molecule has 3 nitrogen and oxygen atoms in total. The zero-order valence-electron chi connectivity index (χ0n) is 9.84. The summed E-state index contributed by atoms with van der Waals surface area (Å²) < 4.78 is 5.76. The molecule has 0 spiro atoms. The number of hydrogen-bond acceptors (Lipinski definition) is 3. The normalized spacial score (nSPS) is 14.5. The van der Waals surface area contributed by atoms with Crippen LogP contribution < -0.4 is 10.5 Å². The molecule has 3 N–H and O–H groups in total. The highest BCUT2D eigenvalue weighted by atomic mass is 16.5. The van der Waals surface area contributed by atoms with Gasteiger partial charge in [0.1, 0.15) is 11.9 Å². The van der Waals surface area contributed by atoms with E-state index >= 15 is 0 Å². The Morgan fingerprint density at radius 1 is 1.18 bits per heavy atom. The van der Waals surface area contributed by atoms with Crippen LogP contribution >= 0.6 is 0 Å². The number of benzene rings is 2. The van der Waals surface area contributed by atoms with E-state index in [0.717, 1.165) is 16.5 Å². The van der Waals surface area contributed by atoms with Gasteiger partial charge in [0.05, 0.1) is 6.61 Å². The topological polar surface area (TPSA) is 55.5 Å². The lowest BCUT2D eigenvalue weighted by molar-refractivity contribution is 0.100. The van der Waals surface area contributed by atoms with Gasteiger partial charge in [-0.1, -0.05) is 36.4 Å². The molecular formula is C14H17NO2. The lowest BCUT2D eigenvalue weighted by Gasteiger charge is -2.21. The van der Waals surface area contributed by atoms with Gasteiger partial charge in [-0.2, -0.15) is 0 Å². The number of aliphatic hydroxyl groups excluding tert-OH is 1. The molecule has 0 saturated carbocycles. The largest absolute Gasteiger partial charge is 0.486 e. The van der Waals surface area contributed by atoms with E-state index < -0.39 is 0 Å². The first kappa shape index (κ1) is 11.9. The molecule has 2 unspecified atom stereocenters. The molecular weight excluding hydrogens is 214 g/mol. The van der Waals surface area contributed by atoms with E-state index in [2.05, 4.69) is 0 Å². The molecule has 0 aliphatic heterocycles. The summed E-state index contributed by atoms with van der Waals surface area (Å²) in [6.07, 6.45) is -0.374. The number of fused-ring (bicyclic) bond motifs is 1. The average molecular weight is 231 g/mol. The molecule has 17 heavy (non-hydrogen) atoms. The van der Waals surface area contributed by atoms with Crippen LogP contribution in [0.5, 0.6) is 5.75 Å². The first-order valence-electron chi connectivity index (χ1n) is 5.73. The van der Waals surface area contributed by atoms with Gasteiger partial charge < -0.3 is 15.6 Å². The summed E-state index contributed by atoms with van der Waals surface area (Å²) in [4.78, 5) is 0. The van der Waals surface area contributed by atoms with Gasteiger partial charge in [0.15, 0.2) is 0 Å². The summed E-state index contributed by atoms with van der Waals surface area (Å²) in [7, 11) is 0. The minimum atomic E-state index is -0.374. The molecule has 0 saturated heterocycles. The van der Waals surface area contributed by atoms with Crippen LogP contribution in [0.3, 0.4) is 0 Å². The van der Waals surface area contributed by atoms with E-state index in [0.29, 0.717) is 0 Å². The maximum Gasteiger partial charge on any atom is 0.136 e. The van der Waals surface area contributed by atoms with Gasteiger partial charge in [-0.15, -0.1) is 0 Å². The highest BCUT2D eigenvalue weighted by Gasteiger charge is 2.15. The Balaban J connectivity index is 2.35. The SMILES string of the molecule is CC(N)C(CO)Oc1cccc2ccccc12. The quantitative estimate of drug-likeness (QED) is 0.845. The Kier molecular flexibility index (Phi) is 3.61. The van der Waals surface area contributed by atoms with E-state index in [1.165, 1.54) is 0 Å². The highest BCUT2D eigenvalue weighted by molar-refractivity contribution is 5.88. The van der Waals surface area contributed by atoms with Gasteiger partial charge in [-0.05, 0) is 18.4 Å². The molecule has 0 heterocycles. The monoisotopic (exact) mass is 231 g/mol. The molecule has 3 heteroatoms. The van der Waals surface area contributed by atoms with Crippen molar-refractivity contribution in [2.75, 3.05) is 6.61 Å². The molecule has 2 aromatic rings. The van der Waals surface area contributed by atoms with Gasteiger partial charge in [0, 0.05) is 11.4 Å². The second-order valence-electron chi connectivity index (χ2n) is 4.18. The number of aliphatic hydroxyl groups is 1. The Morgan fingerprint density at radius 2 is 1.88 bits per heavy atom. The van der Waals surface area contributed by atoms with Crippen molar-refractivity contribution in [2.24, 2.45) is 5.73 Å². The van der Waals surface area contributed by atoms with Crippen LogP contribution in [0.2, 0.25) is 0 Å². The standard InChI is InChI=1S/C14H17NO2/c1-10(15)14(9-16)17-13-8-4-6-11-5-2-3-7-12(11)13/h2-8,10,14,16H,9,15H2,1H3. The molecule has 0 bridgehead atoms. The first-order chi connectivity index (χ1) is 8.22. The third kappa shape index (κ3) is 2.57. The minimum absolute atomic E-state index is 0.0825. The highest BCUT2D eigenvalue weighted by Crippen LogP contribution is 2.26. The third-order valence-corrected chi connectivity index (χ3v) is 2.79. The van der Waals surface area contributed by atoms with Crippen LogP contribution in [0.25, 0.3) is 10.8 Å². The van der Waals surface area contributed by atoms with Crippen LogP contribution in [0.15, 0.2) is 42.5 Å². The maximum absolute atomic E-state index is 9.22. The van der Waals surface area contributed by atoms with E-state index in [-0.39, 0.29) is 18.8 Å². The van der Waals surface area contributed by atoms with Crippen molar-refractivity contribution in [1.29, 1.82) is 0 Å². The van der Waals surface area contributed by atoms with Gasteiger partial charge in [-0.25, -0.2) is 0 Å². The Labute approximate surface area is 101 Å². The predicted molar refractivity (Wildman–Crippen MR) is 69.1 cm³/mol. The molecule has 2 aromatic carbocycles. The van der Waals surface area contributed by atoms with Crippen molar-refractivity contribution < 1.29 is 9.84 Å². The second-order valence-corrected chi connectivity index (χ2v) is 4.18. The lowest BCUT2D eigenvalue weighted by atomic mass is 10.1. The second kappa shape index (κ2) is 5.17. The molecule has 2 rings (SSSR count). The fraction of sp³-hybridized carbons (Fsp3) is 0.286. The van der Waals surface area contributed by atoms with Crippen molar-refractivity contribution in [3.05, 3.63) is 42.5 Å². The number of hydrogen-bond donors (Lipinski definition) is 2. The van der Waals surface area contributed by atoms with E-state index in [1.807, 2.05) is 49.4 Å². The van der Waals surface area contributed by atoms with Crippen LogP contribution in [-0.4, -0.2) is 23.9 Å². The van der Waals surface area contributed by atoms with E-state index in [4.69, 9.17) is 10.5 Å². The summed E-state index contributed by atoms with van der Waals surface area (Å²) in [6.45, 7) is 1.74. The molecule has 0 aliphatic carbocycles. The predicted octanol–water partition coefficient (Wildman–Crippen LogP) is 1.93. The first-order valence-corrected chi connectivity index (χ1v) is 5.73. The Bertz CT molecular complexity index is 491. The minimum Gasteiger partial charge on any atom is -0.486 e. The zero-order chi connectivity index (χ0) is 12.3. The third-order valence-electron chi connectivity index (χ3n) is 2.79. The fourth-order valence-electron chi connectivity index (χ4n) is 1.77. The van der Waals surface area contributed by atoms with Crippen molar-refractivity contribution in [1.82, 2.24) is 0 Å². The van der Waals surface area contributed by atoms with Crippen LogP contribution in [0.1, 0.15) is 6.92 Å². The summed E-state index contributed by atoms with van der Waals surface area (Å²) in [6, 6.07) is 13.6. The number of nitrogens with two attached hydrogens (primary N) is 1. The molecule has 0 aromatic heterocycles. The van der Waals surface area contributed by atoms with Crippen molar-refractivity contribution >= 4 is 10.8 Å². The smallest absolute Gasteiger partial charge is 0.136 e. The number of ether oxygens (including phenoxy) is 1. The molecule has 90 valence electrons. The van der Waals surface area contributed by atoms with E-state index in [9.17, 15) is 5.11 Å². The van der Waals surface area contributed by atoms with Crippen molar-refractivity contribution in [2.45, 2.75) is 19.1 Å². The molecule has 0 fully saturated rings. The van der Waals surface area contributed by atoms with Crippen LogP contribution in [0.4, 0.5) is 0 Å². The van der Waals surface area contributed by atoms with Gasteiger partial charge in [-0.3, -0.25) is 0 Å². The fourth-order valence-corrected chi connectivity index (χ4v) is 1.77. The van der Waals surface area contributed by atoms with Gasteiger partial charge in [0.25, 0.3) is 0 Å². The molecule has 0 radical (unpaired) electrons. The van der Waals surface area contributed by atoms with E-state index in [1.54, 1.807) is 0 Å². The van der Waals surface area contributed by atoms with Gasteiger partial charge in [0.2, 0.25) is 0 Å². The summed E-state index contributed by atoms with van der Waals surface area (Å²) >= 11 is 0. The number of rotatable bonds is 4. The zero-order valence-corrected chi connectivity index (χ0v) is 9.84. The Hall–Kier alpha value is -1.58. The molecule has 2 atom stereocenters. The summed E-state index contributed by atoms with van der Waals surface area (Å²) in [5.74, 6) is 0.763. The van der Waals surface area contributed by atoms with Crippen LogP contribution in [-0.2, 0) is 0 Å². The average Bonchev–Trinajstić information content (AvgIpc) is 2.35. The van der Waals surface area contributed by atoms with Crippen LogP contribution in [0, 0.1) is 0 Å². The summed E-state index contributed by atoms with van der Waals surface area (Å²) in [5, 5.41) is 11.4. The Morgan fingerprint density at radius 3 is 2.59 bits per heavy atom. The maximum atomic E-state index is 9.22. The van der Waals surface area contributed by atoms with Crippen molar-refractivity contribution in [3.63, 3.8) is 0 Å². The molecule has 0 amide bonds.